The third kappa shape index (κ3) is 3.03. The number of rotatable bonds is 5. The quantitative estimate of drug-likeness (QED) is 0.812. The van der Waals surface area contributed by atoms with Crippen molar-refractivity contribution in [1.82, 2.24) is 4.98 Å². The first-order valence-corrected chi connectivity index (χ1v) is 5.42. The molecule has 2 rings (SSSR count). The SMILES string of the molecule is O=C(O)CCCCc1nc2cc(F)ccc2o1. The second-order valence-electron chi connectivity index (χ2n) is 3.82. The minimum atomic E-state index is -0.801. The zero-order valence-electron chi connectivity index (χ0n) is 9.15. The van der Waals surface area contributed by atoms with Gasteiger partial charge in [-0.25, -0.2) is 9.37 Å². The van der Waals surface area contributed by atoms with Crippen LogP contribution in [0.4, 0.5) is 4.39 Å². The number of aliphatic carboxylic acids is 1. The van der Waals surface area contributed by atoms with Gasteiger partial charge in [-0.2, -0.15) is 0 Å². The Labute approximate surface area is 97.1 Å². The van der Waals surface area contributed by atoms with Crippen LogP contribution in [-0.4, -0.2) is 16.1 Å². The molecule has 2 aromatic rings. The molecule has 0 atom stereocenters. The van der Waals surface area contributed by atoms with E-state index in [4.69, 9.17) is 9.52 Å². The van der Waals surface area contributed by atoms with Crippen molar-refractivity contribution < 1.29 is 18.7 Å². The standard InChI is InChI=1S/C12H12FNO3/c13-8-5-6-10-9(7-8)14-11(17-10)3-1-2-4-12(15)16/h5-7H,1-4H2,(H,15,16). The van der Waals surface area contributed by atoms with Crippen LogP contribution in [0.25, 0.3) is 11.1 Å². The second-order valence-corrected chi connectivity index (χ2v) is 3.82. The van der Waals surface area contributed by atoms with Crippen LogP contribution in [0, 0.1) is 5.82 Å². The van der Waals surface area contributed by atoms with Crippen LogP contribution in [0.2, 0.25) is 0 Å². The molecule has 1 aromatic carbocycles. The molecule has 0 unspecified atom stereocenters. The Hall–Kier alpha value is -1.91. The molecule has 1 N–H and O–H groups in total. The van der Waals surface area contributed by atoms with Crippen molar-refractivity contribution in [2.24, 2.45) is 0 Å². The number of fused-ring (bicyclic) bond motifs is 1. The van der Waals surface area contributed by atoms with Gasteiger partial charge in [0.1, 0.15) is 11.3 Å². The van der Waals surface area contributed by atoms with Crippen LogP contribution >= 0.6 is 0 Å². The highest BCUT2D eigenvalue weighted by atomic mass is 19.1. The van der Waals surface area contributed by atoms with E-state index in [1.165, 1.54) is 12.1 Å². The highest BCUT2D eigenvalue weighted by molar-refractivity contribution is 5.72. The smallest absolute Gasteiger partial charge is 0.303 e. The zero-order valence-corrected chi connectivity index (χ0v) is 9.15. The van der Waals surface area contributed by atoms with E-state index < -0.39 is 5.97 Å². The maximum Gasteiger partial charge on any atom is 0.303 e. The molecule has 4 nitrogen and oxygen atoms in total. The molecular formula is C12H12FNO3. The number of hydrogen-bond acceptors (Lipinski definition) is 3. The lowest BCUT2D eigenvalue weighted by Crippen LogP contribution is -1.94. The van der Waals surface area contributed by atoms with Gasteiger partial charge >= 0.3 is 5.97 Å². The fourth-order valence-electron chi connectivity index (χ4n) is 1.61. The van der Waals surface area contributed by atoms with Crippen molar-refractivity contribution in [2.45, 2.75) is 25.7 Å². The van der Waals surface area contributed by atoms with E-state index in [9.17, 15) is 9.18 Å². The summed E-state index contributed by atoms with van der Waals surface area (Å²) in [5, 5.41) is 8.47. The first kappa shape index (κ1) is 11.6. The molecule has 1 aromatic heterocycles. The Morgan fingerprint density at radius 2 is 2.24 bits per heavy atom. The van der Waals surface area contributed by atoms with Gasteiger partial charge in [0.25, 0.3) is 0 Å². The predicted molar refractivity (Wildman–Crippen MR) is 59.2 cm³/mol. The zero-order chi connectivity index (χ0) is 12.3. The summed E-state index contributed by atoms with van der Waals surface area (Å²) in [4.78, 5) is 14.4. The lowest BCUT2D eigenvalue weighted by molar-refractivity contribution is -0.137. The number of halogens is 1. The Bertz CT molecular complexity index is 536. The average Bonchev–Trinajstić information content (AvgIpc) is 2.66. The van der Waals surface area contributed by atoms with Gasteiger partial charge in [-0.3, -0.25) is 4.79 Å². The van der Waals surface area contributed by atoms with Crippen molar-refractivity contribution >= 4 is 17.1 Å². The number of aromatic nitrogens is 1. The number of carboxylic acid groups (broad SMARTS) is 1. The molecule has 0 saturated carbocycles. The van der Waals surface area contributed by atoms with Gasteiger partial charge in [0, 0.05) is 18.9 Å². The highest BCUT2D eigenvalue weighted by Crippen LogP contribution is 2.17. The molecule has 0 saturated heterocycles. The molecule has 0 amide bonds. The Balaban J connectivity index is 1.97. The van der Waals surface area contributed by atoms with Gasteiger partial charge in [-0.05, 0) is 25.0 Å². The predicted octanol–water partition coefficient (Wildman–Crippen LogP) is 2.76. The van der Waals surface area contributed by atoms with Crippen LogP contribution in [-0.2, 0) is 11.2 Å². The number of oxazole rings is 1. The lowest BCUT2D eigenvalue weighted by Gasteiger charge is -1.93. The molecule has 0 bridgehead atoms. The Kier molecular flexibility index (Phi) is 3.37. The summed E-state index contributed by atoms with van der Waals surface area (Å²) in [6.07, 6.45) is 2.00. The Morgan fingerprint density at radius 3 is 3.00 bits per heavy atom. The van der Waals surface area contributed by atoms with Gasteiger partial charge in [0.2, 0.25) is 0 Å². The highest BCUT2D eigenvalue weighted by Gasteiger charge is 2.06. The van der Waals surface area contributed by atoms with E-state index in [0.717, 1.165) is 0 Å². The number of benzene rings is 1. The number of nitrogens with zero attached hydrogens (tertiary/aromatic N) is 1. The molecule has 5 heteroatoms. The minimum absolute atomic E-state index is 0.148. The summed E-state index contributed by atoms with van der Waals surface area (Å²) < 4.78 is 18.3. The van der Waals surface area contributed by atoms with E-state index in [1.807, 2.05) is 0 Å². The number of carboxylic acids is 1. The van der Waals surface area contributed by atoms with Gasteiger partial charge in [0.05, 0.1) is 0 Å². The number of carbonyl (C=O) groups is 1. The molecule has 17 heavy (non-hydrogen) atoms. The van der Waals surface area contributed by atoms with Gasteiger partial charge in [-0.1, -0.05) is 0 Å². The van der Waals surface area contributed by atoms with Crippen LogP contribution in [0.5, 0.6) is 0 Å². The number of aryl methyl sites for hydroxylation is 1. The second kappa shape index (κ2) is 4.95. The maximum atomic E-state index is 12.9. The van der Waals surface area contributed by atoms with Crippen molar-refractivity contribution in [1.29, 1.82) is 0 Å². The van der Waals surface area contributed by atoms with Crippen molar-refractivity contribution in [3.8, 4) is 0 Å². The summed E-state index contributed by atoms with van der Waals surface area (Å²) >= 11 is 0. The van der Waals surface area contributed by atoms with E-state index in [1.54, 1.807) is 6.07 Å². The maximum absolute atomic E-state index is 12.9. The largest absolute Gasteiger partial charge is 0.481 e. The normalized spacial score (nSPS) is 10.9. The monoisotopic (exact) mass is 237 g/mol. The van der Waals surface area contributed by atoms with Crippen molar-refractivity contribution in [2.75, 3.05) is 0 Å². The van der Waals surface area contributed by atoms with Crippen LogP contribution in [0.15, 0.2) is 22.6 Å². The van der Waals surface area contributed by atoms with Crippen molar-refractivity contribution in [3.05, 3.63) is 29.9 Å². The van der Waals surface area contributed by atoms with Crippen LogP contribution < -0.4 is 0 Å². The molecule has 0 aliphatic heterocycles. The van der Waals surface area contributed by atoms with E-state index in [2.05, 4.69) is 4.98 Å². The van der Waals surface area contributed by atoms with E-state index in [0.29, 0.717) is 36.3 Å². The molecule has 90 valence electrons. The van der Waals surface area contributed by atoms with Gasteiger partial charge in [0.15, 0.2) is 11.5 Å². The summed E-state index contributed by atoms with van der Waals surface area (Å²) in [6, 6.07) is 4.18. The van der Waals surface area contributed by atoms with Gasteiger partial charge in [-0.15, -0.1) is 0 Å². The topological polar surface area (TPSA) is 63.3 Å². The van der Waals surface area contributed by atoms with E-state index in [-0.39, 0.29) is 12.2 Å². The summed E-state index contributed by atoms with van der Waals surface area (Å²) in [5.41, 5.74) is 1.05. The number of unbranched alkanes of at least 4 members (excludes halogenated alkanes) is 1. The molecule has 0 radical (unpaired) electrons. The van der Waals surface area contributed by atoms with Crippen LogP contribution in [0.3, 0.4) is 0 Å². The lowest BCUT2D eigenvalue weighted by atomic mass is 10.2. The molecular weight excluding hydrogens is 225 g/mol. The first-order valence-electron chi connectivity index (χ1n) is 5.42. The fourth-order valence-corrected chi connectivity index (χ4v) is 1.61. The molecule has 0 fully saturated rings. The van der Waals surface area contributed by atoms with E-state index >= 15 is 0 Å². The third-order valence-corrected chi connectivity index (χ3v) is 2.43. The molecule has 0 spiro atoms. The Morgan fingerprint density at radius 1 is 1.41 bits per heavy atom. The molecule has 1 heterocycles. The first-order chi connectivity index (χ1) is 8.15. The summed E-state index contributed by atoms with van der Waals surface area (Å²) in [6.45, 7) is 0. The minimum Gasteiger partial charge on any atom is -0.481 e. The van der Waals surface area contributed by atoms with Gasteiger partial charge < -0.3 is 9.52 Å². The molecule has 0 aliphatic rings. The summed E-state index contributed by atoms with van der Waals surface area (Å²) in [5.74, 6) is -0.621. The van der Waals surface area contributed by atoms with Crippen LogP contribution in [0.1, 0.15) is 25.2 Å². The fraction of sp³-hybridized carbons (Fsp3) is 0.333. The third-order valence-electron chi connectivity index (χ3n) is 2.43. The van der Waals surface area contributed by atoms with Crippen molar-refractivity contribution in [3.63, 3.8) is 0 Å². The average molecular weight is 237 g/mol. The number of hydrogen-bond donors (Lipinski definition) is 1. The molecule has 0 aliphatic carbocycles. The summed E-state index contributed by atoms with van der Waals surface area (Å²) in [7, 11) is 0.